The number of amides is 1. The van der Waals surface area contributed by atoms with Crippen LogP contribution < -0.4 is 5.32 Å². The molecule has 2 aromatic rings. The Kier molecular flexibility index (Phi) is 4.58. The summed E-state index contributed by atoms with van der Waals surface area (Å²) < 4.78 is 0. The molecule has 0 aliphatic heterocycles. The van der Waals surface area contributed by atoms with Crippen molar-refractivity contribution in [2.75, 3.05) is 11.2 Å². The molecule has 0 unspecified atom stereocenters. The summed E-state index contributed by atoms with van der Waals surface area (Å²) >= 11 is 12.9. The van der Waals surface area contributed by atoms with Crippen molar-refractivity contribution in [1.82, 2.24) is 4.98 Å². The van der Waals surface area contributed by atoms with Crippen LogP contribution in [0.4, 0.5) is 5.13 Å². The lowest BCUT2D eigenvalue weighted by Crippen LogP contribution is -2.11. The molecule has 1 aromatic carbocycles. The standard InChI is InChI=1S/C12H10Cl2N2OS/c13-6-5-11(17)16-12-15-10(7-18-12)8-3-1-2-4-9(8)14/h1-4,7H,5-6H2,(H,15,16,17). The first-order chi connectivity index (χ1) is 8.70. The van der Waals surface area contributed by atoms with Crippen LogP contribution in [-0.2, 0) is 4.79 Å². The molecule has 0 bridgehead atoms. The van der Waals surface area contributed by atoms with Crippen molar-refractivity contribution in [3.8, 4) is 11.3 Å². The van der Waals surface area contributed by atoms with Gasteiger partial charge in [0.2, 0.25) is 5.91 Å². The third-order valence-corrected chi connectivity index (χ3v) is 3.50. The van der Waals surface area contributed by atoms with Gasteiger partial charge in [-0.05, 0) is 6.07 Å². The van der Waals surface area contributed by atoms with E-state index in [2.05, 4.69) is 10.3 Å². The van der Waals surface area contributed by atoms with Gasteiger partial charge in [0.25, 0.3) is 0 Å². The molecule has 0 saturated heterocycles. The zero-order chi connectivity index (χ0) is 13.0. The highest BCUT2D eigenvalue weighted by atomic mass is 35.5. The number of carbonyl (C=O) groups excluding carboxylic acids is 1. The molecule has 0 saturated carbocycles. The highest BCUT2D eigenvalue weighted by Gasteiger charge is 2.09. The topological polar surface area (TPSA) is 42.0 Å². The highest BCUT2D eigenvalue weighted by molar-refractivity contribution is 7.14. The van der Waals surface area contributed by atoms with Crippen LogP contribution >= 0.6 is 34.5 Å². The van der Waals surface area contributed by atoms with Crippen LogP contribution in [0.15, 0.2) is 29.6 Å². The zero-order valence-electron chi connectivity index (χ0n) is 9.32. The second kappa shape index (κ2) is 6.18. The van der Waals surface area contributed by atoms with E-state index < -0.39 is 0 Å². The Morgan fingerprint density at radius 1 is 1.39 bits per heavy atom. The van der Waals surface area contributed by atoms with Gasteiger partial charge in [-0.3, -0.25) is 4.79 Å². The molecule has 6 heteroatoms. The minimum absolute atomic E-state index is 0.134. The smallest absolute Gasteiger partial charge is 0.227 e. The van der Waals surface area contributed by atoms with E-state index in [9.17, 15) is 4.79 Å². The molecular weight excluding hydrogens is 291 g/mol. The number of nitrogens with zero attached hydrogens (tertiary/aromatic N) is 1. The first kappa shape index (κ1) is 13.3. The quantitative estimate of drug-likeness (QED) is 0.866. The Labute approximate surface area is 119 Å². The molecule has 0 radical (unpaired) electrons. The summed E-state index contributed by atoms with van der Waals surface area (Å²) in [5.41, 5.74) is 1.61. The van der Waals surface area contributed by atoms with Crippen molar-refractivity contribution >= 4 is 45.6 Å². The summed E-state index contributed by atoms with van der Waals surface area (Å²) in [6, 6.07) is 7.46. The van der Waals surface area contributed by atoms with E-state index in [0.717, 1.165) is 11.3 Å². The van der Waals surface area contributed by atoms with Crippen molar-refractivity contribution in [3.63, 3.8) is 0 Å². The number of aromatic nitrogens is 1. The average molecular weight is 301 g/mol. The normalized spacial score (nSPS) is 10.3. The fraction of sp³-hybridized carbons (Fsp3) is 0.167. The van der Waals surface area contributed by atoms with E-state index in [-0.39, 0.29) is 12.3 Å². The van der Waals surface area contributed by atoms with E-state index in [1.807, 2.05) is 29.6 Å². The number of alkyl halides is 1. The average Bonchev–Trinajstić information content (AvgIpc) is 2.78. The number of nitrogens with one attached hydrogen (secondary N) is 1. The van der Waals surface area contributed by atoms with E-state index in [0.29, 0.717) is 16.0 Å². The molecule has 0 atom stereocenters. The number of rotatable bonds is 4. The molecule has 0 fully saturated rings. The van der Waals surface area contributed by atoms with E-state index in [1.54, 1.807) is 0 Å². The maximum atomic E-state index is 11.4. The minimum Gasteiger partial charge on any atom is -0.302 e. The Balaban J connectivity index is 2.16. The molecule has 18 heavy (non-hydrogen) atoms. The van der Waals surface area contributed by atoms with Crippen LogP contribution in [0.1, 0.15) is 6.42 Å². The maximum Gasteiger partial charge on any atom is 0.227 e. The summed E-state index contributed by atoms with van der Waals surface area (Å²) in [6.45, 7) is 0. The van der Waals surface area contributed by atoms with Gasteiger partial charge in [0, 0.05) is 28.3 Å². The van der Waals surface area contributed by atoms with Gasteiger partial charge >= 0.3 is 0 Å². The first-order valence-corrected chi connectivity index (χ1v) is 7.06. The van der Waals surface area contributed by atoms with Gasteiger partial charge in [0.1, 0.15) is 0 Å². The fourth-order valence-corrected chi connectivity index (χ4v) is 2.52. The minimum atomic E-state index is -0.134. The molecule has 0 aliphatic carbocycles. The van der Waals surface area contributed by atoms with Gasteiger partial charge < -0.3 is 5.32 Å². The van der Waals surface area contributed by atoms with Crippen molar-refractivity contribution in [2.45, 2.75) is 6.42 Å². The zero-order valence-corrected chi connectivity index (χ0v) is 11.6. The second-order valence-corrected chi connectivity index (χ2v) is 5.15. The van der Waals surface area contributed by atoms with Crippen LogP contribution in [0, 0.1) is 0 Å². The first-order valence-electron chi connectivity index (χ1n) is 5.27. The Bertz CT molecular complexity index is 557. The molecule has 1 N–H and O–H groups in total. The van der Waals surface area contributed by atoms with Crippen molar-refractivity contribution in [3.05, 3.63) is 34.7 Å². The van der Waals surface area contributed by atoms with Gasteiger partial charge in [-0.1, -0.05) is 29.8 Å². The summed E-state index contributed by atoms with van der Waals surface area (Å²) in [5.74, 6) is 0.166. The monoisotopic (exact) mass is 300 g/mol. The van der Waals surface area contributed by atoms with Gasteiger partial charge in [-0.2, -0.15) is 0 Å². The van der Waals surface area contributed by atoms with Crippen molar-refractivity contribution in [1.29, 1.82) is 0 Å². The number of hydrogen-bond acceptors (Lipinski definition) is 3. The number of anilines is 1. The van der Waals surface area contributed by atoms with Gasteiger partial charge in [-0.15, -0.1) is 22.9 Å². The molecule has 94 valence electrons. The Hall–Kier alpha value is -1.10. The molecule has 2 rings (SSSR count). The molecule has 1 heterocycles. The number of benzene rings is 1. The molecule has 3 nitrogen and oxygen atoms in total. The van der Waals surface area contributed by atoms with E-state index in [4.69, 9.17) is 23.2 Å². The van der Waals surface area contributed by atoms with Crippen molar-refractivity contribution < 1.29 is 4.79 Å². The van der Waals surface area contributed by atoms with Crippen LogP contribution in [0.2, 0.25) is 5.02 Å². The predicted molar refractivity (Wildman–Crippen MR) is 76.5 cm³/mol. The second-order valence-electron chi connectivity index (χ2n) is 3.50. The van der Waals surface area contributed by atoms with Crippen LogP contribution in [0.5, 0.6) is 0 Å². The number of carbonyl (C=O) groups is 1. The molecule has 1 aromatic heterocycles. The SMILES string of the molecule is O=C(CCCl)Nc1nc(-c2ccccc2Cl)cs1. The van der Waals surface area contributed by atoms with Crippen LogP contribution in [-0.4, -0.2) is 16.8 Å². The molecular formula is C12H10Cl2N2OS. The predicted octanol–water partition coefficient (Wildman–Crippen LogP) is 4.03. The van der Waals surface area contributed by atoms with Crippen LogP contribution in [0.3, 0.4) is 0 Å². The van der Waals surface area contributed by atoms with Gasteiger partial charge in [0.05, 0.1) is 5.69 Å². The van der Waals surface area contributed by atoms with Crippen LogP contribution in [0.25, 0.3) is 11.3 Å². The summed E-state index contributed by atoms with van der Waals surface area (Å²) in [7, 11) is 0. The lowest BCUT2D eigenvalue weighted by atomic mass is 10.2. The van der Waals surface area contributed by atoms with E-state index >= 15 is 0 Å². The molecule has 0 aliphatic rings. The Morgan fingerprint density at radius 2 is 2.17 bits per heavy atom. The summed E-state index contributed by atoms with van der Waals surface area (Å²) in [6.07, 6.45) is 0.280. The maximum absolute atomic E-state index is 11.4. The third-order valence-electron chi connectivity index (χ3n) is 2.22. The van der Waals surface area contributed by atoms with Crippen molar-refractivity contribution in [2.24, 2.45) is 0 Å². The van der Waals surface area contributed by atoms with Gasteiger partial charge in [0.15, 0.2) is 5.13 Å². The number of hydrogen-bond donors (Lipinski definition) is 1. The largest absolute Gasteiger partial charge is 0.302 e. The number of thiazole rings is 1. The summed E-state index contributed by atoms with van der Waals surface area (Å²) in [5, 5.41) is 5.75. The lowest BCUT2D eigenvalue weighted by Gasteiger charge is -2.00. The van der Waals surface area contributed by atoms with E-state index in [1.165, 1.54) is 11.3 Å². The summed E-state index contributed by atoms with van der Waals surface area (Å²) in [4.78, 5) is 15.7. The molecule has 0 spiro atoms. The third kappa shape index (κ3) is 3.22. The fourth-order valence-electron chi connectivity index (χ4n) is 1.39. The molecule has 1 amide bonds. The van der Waals surface area contributed by atoms with Gasteiger partial charge in [-0.25, -0.2) is 4.98 Å². The number of halogens is 2. The lowest BCUT2D eigenvalue weighted by molar-refractivity contribution is -0.115. The Morgan fingerprint density at radius 3 is 2.89 bits per heavy atom. The highest BCUT2D eigenvalue weighted by Crippen LogP contribution is 2.30.